The molecule has 2 aromatic carbocycles. The fourth-order valence-corrected chi connectivity index (χ4v) is 2.47. The number of hydrogen-bond donors (Lipinski definition) is 0. The molecule has 6 nitrogen and oxygen atoms in total. The molecule has 0 aliphatic carbocycles. The van der Waals surface area contributed by atoms with Gasteiger partial charge in [0.05, 0.1) is 11.4 Å². The summed E-state index contributed by atoms with van der Waals surface area (Å²) in [4.78, 5) is 0. The van der Waals surface area contributed by atoms with E-state index in [0.29, 0.717) is 17.5 Å². The van der Waals surface area contributed by atoms with Gasteiger partial charge in [0, 0.05) is 5.56 Å². The number of nitrogens with zero attached hydrogens (tertiary/aromatic N) is 5. The second-order valence-corrected chi connectivity index (χ2v) is 5.55. The number of aromatic nitrogens is 5. The molecule has 2 heterocycles. The Morgan fingerprint density at radius 3 is 2.25 bits per heavy atom. The highest BCUT2D eigenvalue weighted by atomic mass is 16.4. The molecule has 0 saturated carbocycles. The van der Waals surface area contributed by atoms with E-state index in [1.54, 1.807) is 4.68 Å². The average molecular weight is 317 g/mol. The van der Waals surface area contributed by atoms with Gasteiger partial charge in [0.2, 0.25) is 5.89 Å². The van der Waals surface area contributed by atoms with Gasteiger partial charge in [0.1, 0.15) is 0 Å². The van der Waals surface area contributed by atoms with Gasteiger partial charge in [0.25, 0.3) is 5.89 Å². The Morgan fingerprint density at radius 1 is 0.792 bits per heavy atom. The van der Waals surface area contributed by atoms with Crippen LogP contribution in [0.4, 0.5) is 0 Å². The van der Waals surface area contributed by atoms with Crippen LogP contribution in [-0.2, 0) is 0 Å². The maximum atomic E-state index is 5.77. The minimum absolute atomic E-state index is 0.365. The van der Waals surface area contributed by atoms with Crippen molar-refractivity contribution in [2.24, 2.45) is 0 Å². The van der Waals surface area contributed by atoms with Crippen molar-refractivity contribution in [2.75, 3.05) is 0 Å². The third-order valence-corrected chi connectivity index (χ3v) is 3.82. The molecule has 0 unspecified atom stereocenters. The fraction of sp³-hybridized carbons (Fsp3) is 0.111. The highest BCUT2D eigenvalue weighted by Gasteiger charge is 2.18. The zero-order valence-electron chi connectivity index (χ0n) is 13.3. The van der Waals surface area contributed by atoms with Crippen LogP contribution in [0.15, 0.2) is 59.0 Å². The lowest BCUT2D eigenvalue weighted by Gasteiger charge is -2.03. The normalized spacial score (nSPS) is 10.9. The molecule has 0 amide bonds. The predicted molar refractivity (Wildman–Crippen MR) is 89.6 cm³/mol. The lowest BCUT2D eigenvalue weighted by molar-refractivity contribution is 0.581. The highest BCUT2D eigenvalue weighted by Crippen LogP contribution is 2.25. The monoisotopic (exact) mass is 317 g/mol. The van der Waals surface area contributed by atoms with Crippen LogP contribution in [0.25, 0.3) is 28.7 Å². The molecule has 0 radical (unpaired) electrons. The Morgan fingerprint density at radius 2 is 1.50 bits per heavy atom. The summed E-state index contributed by atoms with van der Waals surface area (Å²) in [5, 5.41) is 16.6. The molecule has 0 N–H and O–H groups in total. The van der Waals surface area contributed by atoms with Gasteiger partial charge >= 0.3 is 0 Å². The first-order valence-corrected chi connectivity index (χ1v) is 7.61. The van der Waals surface area contributed by atoms with Crippen molar-refractivity contribution in [3.8, 4) is 28.7 Å². The molecule has 2 aromatic heterocycles. The molecule has 0 atom stereocenters. The lowest BCUT2D eigenvalue weighted by Crippen LogP contribution is -1.98. The van der Waals surface area contributed by atoms with E-state index in [1.165, 1.54) is 5.56 Å². The Labute approximate surface area is 138 Å². The summed E-state index contributed by atoms with van der Waals surface area (Å²) in [6, 6.07) is 17.7. The largest absolute Gasteiger partial charge is 0.414 e. The van der Waals surface area contributed by atoms with E-state index in [9.17, 15) is 0 Å². The van der Waals surface area contributed by atoms with E-state index in [2.05, 4.69) is 20.5 Å². The van der Waals surface area contributed by atoms with Crippen LogP contribution < -0.4 is 0 Å². The lowest BCUT2D eigenvalue weighted by atomic mass is 10.2. The summed E-state index contributed by atoms with van der Waals surface area (Å²) < 4.78 is 7.53. The van der Waals surface area contributed by atoms with Gasteiger partial charge < -0.3 is 4.42 Å². The zero-order valence-corrected chi connectivity index (χ0v) is 13.3. The maximum Gasteiger partial charge on any atom is 0.270 e. The number of aryl methyl sites for hydroxylation is 1. The molecule has 0 spiro atoms. The van der Waals surface area contributed by atoms with Crippen molar-refractivity contribution >= 4 is 0 Å². The van der Waals surface area contributed by atoms with Crippen molar-refractivity contribution in [3.63, 3.8) is 0 Å². The van der Waals surface area contributed by atoms with Gasteiger partial charge in [0.15, 0.2) is 5.69 Å². The molecule has 4 aromatic rings. The third-order valence-electron chi connectivity index (χ3n) is 3.82. The van der Waals surface area contributed by atoms with Crippen molar-refractivity contribution in [1.29, 1.82) is 0 Å². The van der Waals surface area contributed by atoms with Gasteiger partial charge in [-0.15, -0.1) is 15.3 Å². The van der Waals surface area contributed by atoms with Crippen LogP contribution >= 0.6 is 0 Å². The maximum absolute atomic E-state index is 5.77. The van der Waals surface area contributed by atoms with E-state index in [4.69, 9.17) is 4.42 Å². The Bertz CT molecular complexity index is 970. The van der Waals surface area contributed by atoms with Crippen LogP contribution in [0, 0.1) is 13.8 Å². The highest BCUT2D eigenvalue weighted by molar-refractivity contribution is 5.57. The molecule has 0 bridgehead atoms. The first-order valence-electron chi connectivity index (χ1n) is 7.61. The molecule has 24 heavy (non-hydrogen) atoms. The third kappa shape index (κ3) is 2.48. The van der Waals surface area contributed by atoms with E-state index in [-0.39, 0.29) is 0 Å². The molecule has 0 aliphatic heterocycles. The molecule has 118 valence electrons. The molecule has 6 heteroatoms. The molecular weight excluding hydrogens is 302 g/mol. The minimum atomic E-state index is 0.365. The van der Waals surface area contributed by atoms with Crippen molar-refractivity contribution in [1.82, 2.24) is 25.2 Å². The zero-order chi connectivity index (χ0) is 16.5. The van der Waals surface area contributed by atoms with Crippen LogP contribution in [-0.4, -0.2) is 25.2 Å². The smallest absolute Gasteiger partial charge is 0.270 e. The van der Waals surface area contributed by atoms with Gasteiger partial charge in [-0.3, -0.25) is 0 Å². The van der Waals surface area contributed by atoms with E-state index in [0.717, 1.165) is 16.9 Å². The molecule has 4 rings (SSSR count). The van der Waals surface area contributed by atoms with Crippen LogP contribution in [0.2, 0.25) is 0 Å². The van der Waals surface area contributed by atoms with Gasteiger partial charge in [-0.25, -0.2) is 4.68 Å². The average Bonchev–Trinajstić information content (AvgIpc) is 3.23. The molecule has 0 fully saturated rings. The van der Waals surface area contributed by atoms with E-state index in [1.807, 2.05) is 68.4 Å². The summed E-state index contributed by atoms with van der Waals surface area (Å²) in [6.45, 7) is 3.98. The summed E-state index contributed by atoms with van der Waals surface area (Å²) in [5.74, 6) is 0.833. The van der Waals surface area contributed by atoms with Crippen LogP contribution in [0.5, 0.6) is 0 Å². The SMILES string of the molecule is Cc1ccc(-n2nnc(-c3nnc(-c4ccccc4)o3)c2C)cc1. The summed E-state index contributed by atoms with van der Waals surface area (Å²) in [5.41, 5.74) is 4.45. The van der Waals surface area contributed by atoms with Crippen molar-refractivity contribution < 1.29 is 4.42 Å². The van der Waals surface area contributed by atoms with Crippen molar-refractivity contribution in [3.05, 3.63) is 65.9 Å². The summed E-state index contributed by atoms with van der Waals surface area (Å²) in [7, 11) is 0. The fourth-order valence-electron chi connectivity index (χ4n) is 2.47. The Kier molecular flexibility index (Phi) is 3.42. The second kappa shape index (κ2) is 5.73. The van der Waals surface area contributed by atoms with Gasteiger partial charge in [-0.05, 0) is 38.1 Å². The van der Waals surface area contributed by atoms with E-state index < -0.39 is 0 Å². The first kappa shape index (κ1) is 14.3. The number of rotatable bonds is 3. The molecular formula is C18H15N5O. The second-order valence-electron chi connectivity index (χ2n) is 5.55. The van der Waals surface area contributed by atoms with Crippen LogP contribution in [0.3, 0.4) is 0 Å². The van der Waals surface area contributed by atoms with Crippen LogP contribution in [0.1, 0.15) is 11.3 Å². The van der Waals surface area contributed by atoms with E-state index >= 15 is 0 Å². The quantitative estimate of drug-likeness (QED) is 0.577. The minimum Gasteiger partial charge on any atom is -0.414 e. The number of benzene rings is 2. The Balaban J connectivity index is 1.71. The summed E-state index contributed by atoms with van der Waals surface area (Å²) >= 11 is 0. The standard InChI is InChI=1S/C18H15N5O/c1-12-8-10-15(11-9-12)23-13(2)16(19-22-23)18-21-20-17(24-18)14-6-4-3-5-7-14/h3-11H,1-2H3. The number of hydrogen-bond acceptors (Lipinski definition) is 5. The molecule has 0 saturated heterocycles. The van der Waals surface area contributed by atoms with Gasteiger partial charge in [-0.2, -0.15) is 0 Å². The van der Waals surface area contributed by atoms with Gasteiger partial charge in [-0.1, -0.05) is 41.1 Å². The molecule has 0 aliphatic rings. The Hall–Kier alpha value is -3.28. The first-order chi connectivity index (χ1) is 11.7. The van der Waals surface area contributed by atoms with Crippen molar-refractivity contribution in [2.45, 2.75) is 13.8 Å². The predicted octanol–water partition coefficient (Wildman–Crippen LogP) is 3.60. The summed E-state index contributed by atoms with van der Waals surface area (Å²) in [6.07, 6.45) is 0. The topological polar surface area (TPSA) is 69.6 Å².